The molecule has 10 aromatic heterocycles. The number of hydrogen-bond acceptors (Lipinski definition) is 8. The molecule has 10 heterocycles. The minimum absolute atomic E-state index is 0.563. The lowest BCUT2D eigenvalue weighted by molar-refractivity contribution is 0.952. The van der Waals surface area contributed by atoms with Crippen molar-refractivity contribution in [2.45, 2.75) is 0 Å². The summed E-state index contributed by atoms with van der Waals surface area (Å²) in [6.07, 6.45) is 1.84. The van der Waals surface area contributed by atoms with E-state index < -0.39 is 0 Å². The monoisotopic (exact) mass is 1840 g/mol. The van der Waals surface area contributed by atoms with E-state index in [0.29, 0.717) is 35.2 Å². The van der Waals surface area contributed by atoms with Gasteiger partial charge in [0.25, 0.3) is 0 Å². The highest BCUT2D eigenvalue weighted by Gasteiger charge is 2.29. The summed E-state index contributed by atoms with van der Waals surface area (Å²) in [5, 5.41) is 14.1. The molecule has 19 aromatic carbocycles. The second-order valence-corrected chi connectivity index (χ2v) is 36.1. The van der Waals surface area contributed by atoms with Gasteiger partial charge in [-0.25, -0.2) is 19.9 Å². The van der Waals surface area contributed by atoms with Gasteiger partial charge in [0.05, 0.1) is 83.3 Å². The van der Waals surface area contributed by atoms with Gasteiger partial charge in [-0.1, -0.05) is 394 Å². The van der Waals surface area contributed by atoms with Crippen LogP contribution in [0.15, 0.2) is 510 Å². The highest BCUT2D eigenvalue weighted by Crippen LogP contribution is 2.48. The zero-order valence-corrected chi connectivity index (χ0v) is 77.8. The van der Waals surface area contributed by atoms with Crippen molar-refractivity contribution in [2.75, 3.05) is 0 Å². The molecule has 674 valence electrons. The van der Waals surface area contributed by atoms with Crippen LogP contribution in [0.4, 0.5) is 0 Å². The minimum Gasteiger partial charge on any atom is -0.309 e. The predicted octanol–water partition coefficient (Wildman–Crippen LogP) is 32.1. The van der Waals surface area contributed by atoms with Gasteiger partial charge in [-0.2, -0.15) is 19.9 Å². The number of pyridine rings is 2. The van der Waals surface area contributed by atoms with Crippen LogP contribution in [0.25, 0.3) is 256 Å². The smallest absolute Gasteiger partial charge is 0.238 e. The zero-order chi connectivity index (χ0) is 95.1. The first-order valence-electron chi connectivity index (χ1n) is 48.4. The van der Waals surface area contributed by atoms with Crippen LogP contribution in [0.2, 0.25) is 0 Å². The van der Waals surface area contributed by atoms with E-state index in [2.05, 4.69) is 422 Å². The molecule has 0 amide bonds. The van der Waals surface area contributed by atoms with Gasteiger partial charge in [0.1, 0.15) is 5.82 Å². The Morgan fingerprint density at radius 1 is 0.139 bits per heavy atom. The second-order valence-electron chi connectivity index (χ2n) is 36.1. The zero-order valence-electron chi connectivity index (χ0n) is 77.8. The number of aromatic nitrogens is 14. The maximum Gasteiger partial charge on any atom is 0.238 e. The summed E-state index contributed by atoms with van der Waals surface area (Å²) < 4.78 is 13.9. The van der Waals surface area contributed by atoms with E-state index in [4.69, 9.17) is 39.9 Å². The van der Waals surface area contributed by atoms with Crippen molar-refractivity contribution in [2.24, 2.45) is 0 Å². The molecule has 0 unspecified atom stereocenters. The van der Waals surface area contributed by atoms with Gasteiger partial charge in [0.2, 0.25) is 11.9 Å². The lowest BCUT2D eigenvalue weighted by atomic mass is 10.0. The summed E-state index contributed by atoms with van der Waals surface area (Å²) in [5.74, 6) is 4.47. The summed E-state index contributed by atoms with van der Waals surface area (Å²) in [5.41, 5.74) is 29.1. The molecule has 0 fully saturated rings. The average Bonchev–Trinajstić information content (AvgIpc) is 1.57. The fraction of sp³-hybridized carbons (Fsp3) is 0. The van der Waals surface area contributed by atoms with Crippen LogP contribution in [0.1, 0.15) is 0 Å². The van der Waals surface area contributed by atoms with Crippen molar-refractivity contribution >= 4 is 131 Å². The maximum atomic E-state index is 5.30. The standard InChI is InChI=1S/C51H33N5.C41H27N3.C38H24N6/c1-6-16-34(17-7-1)38-26-30-45-43(32-38)41-28-29-42-44-33-39(35-18-8-2-9-19-35)27-31-46(44)56(48(42)47(41)55(45)40-24-14-5-15-25-40)51-53-49(36-20-10-3-11-21-36)52-50(54-51)37-22-12-4-13-23-37;1-4-14-28(15-5-1)36-24-31(25-37(42-36)29-16-6-2-7-17-29)44-39-23-13-11-21-33(39)35-26-40-34(27-41(35)44)32-20-10-12-22-38(32)43(40)30-18-8-3-9-19-30;1-3-13-25(14-4-1)36-40-37(26-15-5-2-6-16-26)42-38(41-36)44-32-20-10-8-18-28(32)30-23-22-29-27-17-7-9-19-31(27)43(34(29)35(30)44)33-21-11-12-24-39-33/h1-33H;1-27H;1-24H. The molecule has 0 aliphatic carbocycles. The van der Waals surface area contributed by atoms with Crippen molar-refractivity contribution in [1.29, 1.82) is 0 Å². The first-order valence-corrected chi connectivity index (χ1v) is 48.4. The lowest BCUT2D eigenvalue weighted by Crippen LogP contribution is -2.07. The fourth-order valence-electron chi connectivity index (χ4n) is 21.2. The Morgan fingerprint density at radius 3 is 0.785 bits per heavy atom. The topological polar surface area (TPSA) is 133 Å². The Hall–Kier alpha value is -19.7. The molecule has 0 atom stereocenters. The number of benzene rings is 19. The van der Waals surface area contributed by atoms with E-state index in [9.17, 15) is 0 Å². The van der Waals surface area contributed by atoms with E-state index in [1.54, 1.807) is 0 Å². The summed E-state index contributed by atoms with van der Waals surface area (Å²) in [4.78, 5) is 40.9. The molecule has 0 N–H and O–H groups in total. The fourth-order valence-corrected chi connectivity index (χ4v) is 21.2. The van der Waals surface area contributed by atoms with E-state index in [0.717, 1.165) is 155 Å². The molecule has 0 bridgehead atoms. The molecule has 0 saturated carbocycles. The quantitative estimate of drug-likeness (QED) is 0.105. The Labute approximate surface area is 827 Å². The number of hydrogen-bond donors (Lipinski definition) is 0. The molecule has 0 aliphatic heterocycles. The predicted molar refractivity (Wildman–Crippen MR) is 591 cm³/mol. The number of para-hydroxylation sites is 6. The third-order valence-electron chi connectivity index (χ3n) is 27.7. The van der Waals surface area contributed by atoms with Gasteiger partial charge in [-0.3, -0.25) is 13.7 Å². The summed E-state index contributed by atoms with van der Waals surface area (Å²) in [6, 6.07) is 176. The first kappa shape index (κ1) is 83.7. The van der Waals surface area contributed by atoms with Gasteiger partial charge < -0.3 is 13.7 Å². The van der Waals surface area contributed by atoms with Crippen LogP contribution in [0, 0.1) is 0 Å². The second kappa shape index (κ2) is 35.4. The van der Waals surface area contributed by atoms with Gasteiger partial charge in [0.15, 0.2) is 23.3 Å². The third-order valence-corrected chi connectivity index (χ3v) is 27.7. The van der Waals surface area contributed by atoms with Crippen LogP contribution >= 0.6 is 0 Å². The minimum atomic E-state index is 0.563. The molecule has 0 radical (unpaired) electrons. The molecule has 0 saturated heterocycles. The van der Waals surface area contributed by atoms with Crippen molar-refractivity contribution in [1.82, 2.24) is 67.3 Å². The molecular formula is C130H84N14. The Kier molecular flexibility index (Phi) is 20.6. The van der Waals surface area contributed by atoms with Crippen molar-refractivity contribution < 1.29 is 0 Å². The molecular weight excluding hydrogens is 1760 g/mol. The van der Waals surface area contributed by atoms with Gasteiger partial charge in [-0.05, 0) is 131 Å². The SMILES string of the molecule is c1ccc(-c2cc(-n3c4ccccc4c4cc5c(cc43)c3ccccc3n5-c3ccccc3)cc(-c3ccccc3)n2)cc1.c1ccc(-c2ccc3c(c2)c2ccc4c5cc(-c6ccccc6)ccc5n(-c5nc(-c6ccccc6)nc(-c6ccccc6)n5)c4c2n3-c2ccccc2)cc1.c1ccc(-c2nc(-c3ccccc3)nc(-n3c4ccccc4c4ccc5c6ccccc6n(-c6ccccn6)c5c43)n2)cc1. The Balaban J connectivity index is 0.000000109. The van der Waals surface area contributed by atoms with Crippen molar-refractivity contribution in [3.8, 4) is 125 Å². The van der Waals surface area contributed by atoms with Crippen LogP contribution in [0.5, 0.6) is 0 Å². The largest absolute Gasteiger partial charge is 0.309 e. The van der Waals surface area contributed by atoms with E-state index in [-0.39, 0.29) is 0 Å². The lowest BCUT2D eigenvalue weighted by Gasteiger charge is -2.13. The third kappa shape index (κ3) is 14.5. The molecule has 14 nitrogen and oxygen atoms in total. The maximum absolute atomic E-state index is 5.30. The van der Waals surface area contributed by atoms with Crippen LogP contribution in [0.3, 0.4) is 0 Å². The highest BCUT2D eigenvalue weighted by molar-refractivity contribution is 6.26. The van der Waals surface area contributed by atoms with Crippen LogP contribution in [-0.4, -0.2) is 67.3 Å². The summed E-state index contributed by atoms with van der Waals surface area (Å²) >= 11 is 0. The van der Waals surface area contributed by atoms with Crippen molar-refractivity contribution in [3.05, 3.63) is 510 Å². The van der Waals surface area contributed by atoms with E-state index in [1.807, 2.05) is 115 Å². The van der Waals surface area contributed by atoms with Gasteiger partial charge in [-0.15, -0.1) is 0 Å². The molecule has 0 spiro atoms. The highest BCUT2D eigenvalue weighted by atomic mass is 15.2. The molecule has 14 heteroatoms. The average molecular weight is 1840 g/mol. The number of fused-ring (bicyclic) bond motifs is 20. The molecule has 29 rings (SSSR count). The van der Waals surface area contributed by atoms with Gasteiger partial charge in [0, 0.05) is 116 Å². The van der Waals surface area contributed by atoms with E-state index in [1.165, 1.54) is 65.7 Å². The summed E-state index contributed by atoms with van der Waals surface area (Å²) in [6.45, 7) is 0. The molecule has 0 aliphatic rings. The van der Waals surface area contributed by atoms with Crippen LogP contribution in [-0.2, 0) is 0 Å². The summed E-state index contributed by atoms with van der Waals surface area (Å²) in [7, 11) is 0. The molecule has 29 aromatic rings. The Morgan fingerprint density at radius 2 is 0.410 bits per heavy atom. The molecule has 144 heavy (non-hydrogen) atoms. The first-order chi connectivity index (χ1) is 71.5. The van der Waals surface area contributed by atoms with Crippen molar-refractivity contribution in [3.63, 3.8) is 0 Å². The van der Waals surface area contributed by atoms with Gasteiger partial charge >= 0.3 is 0 Å². The van der Waals surface area contributed by atoms with Crippen LogP contribution < -0.4 is 0 Å². The Bertz CT molecular complexity index is 9770. The number of nitrogens with zero attached hydrogens (tertiary/aromatic N) is 14. The van der Waals surface area contributed by atoms with E-state index >= 15 is 0 Å². The normalized spacial score (nSPS) is 11.6. The number of rotatable bonds is 14.